The molecule has 0 saturated carbocycles. The van der Waals surface area contributed by atoms with Crippen molar-refractivity contribution in [1.29, 1.82) is 0 Å². The third-order valence-electron chi connectivity index (χ3n) is 6.74. The van der Waals surface area contributed by atoms with E-state index >= 15 is 0 Å². The van der Waals surface area contributed by atoms with Crippen molar-refractivity contribution in [3.8, 4) is 0 Å². The number of allylic oxidation sites excluding steroid dienone is 2. The third kappa shape index (κ3) is 4.26. The van der Waals surface area contributed by atoms with Crippen molar-refractivity contribution in [2.24, 2.45) is 4.99 Å². The second kappa shape index (κ2) is 9.47. The van der Waals surface area contributed by atoms with Gasteiger partial charge in [-0.2, -0.15) is 0 Å². The third-order valence-corrected chi connectivity index (χ3v) is 7.72. The van der Waals surface area contributed by atoms with Gasteiger partial charge in [0, 0.05) is 0 Å². The quantitative estimate of drug-likeness (QED) is 0.366. The Morgan fingerprint density at radius 1 is 0.771 bits per heavy atom. The van der Waals surface area contributed by atoms with Gasteiger partial charge < -0.3 is 0 Å². The van der Waals surface area contributed by atoms with E-state index in [2.05, 4.69) is 54.6 Å². The lowest BCUT2D eigenvalue weighted by Crippen LogP contribution is -2.38. The number of benzene rings is 3. The first-order valence-corrected chi connectivity index (χ1v) is 13.0. The highest BCUT2D eigenvalue weighted by Crippen LogP contribution is 2.39. The van der Waals surface area contributed by atoms with Gasteiger partial charge in [-0.3, -0.25) is 9.36 Å². The van der Waals surface area contributed by atoms with Crippen LogP contribution in [0.25, 0.3) is 12.2 Å². The molecule has 1 aliphatic carbocycles. The van der Waals surface area contributed by atoms with Gasteiger partial charge in [0.15, 0.2) is 4.80 Å². The van der Waals surface area contributed by atoms with Gasteiger partial charge in [0.2, 0.25) is 0 Å². The minimum absolute atomic E-state index is 0.0378. The fraction of sp³-hybridized carbons (Fsp3) is 0.161. The summed E-state index contributed by atoms with van der Waals surface area (Å²) >= 11 is 1.49. The molecule has 0 spiro atoms. The Morgan fingerprint density at radius 3 is 2.06 bits per heavy atom. The zero-order valence-electron chi connectivity index (χ0n) is 19.4. The molecule has 172 valence electrons. The second-order valence-corrected chi connectivity index (χ2v) is 10.1. The van der Waals surface area contributed by atoms with E-state index in [0.717, 1.165) is 51.8 Å². The zero-order valence-corrected chi connectivity index (χ0v) is 20.2. The molecule has 2 aliphatic rings. The number of thiazole rings is 1. The summed E-state index contributed by atoms with van der Waals surface area (Å²) in [5, 5.41) is 0. The van der Waals surface area contributed by atoms with Gasteiger partial charge in [-0.25, -0.2) is 4.99 Å². The molecule has 1 unspecified atom stereocenters. The Hall–Kier alpha value is -3.76. The number of aromatic nitrogens is 1. The van der Waals surface area contributed by atoms with Gasteiger partial charge in [0.1, 0.15) is 0 Å². The van der Waals surface area contributed by atoms with E-state index in [4.69, 9.17) is 4.99 Å². The fourth-order valence-electron chi connectivity index (χ4n) is 5.10. The predicted molar refractivity (Wildman–Crippen MR) is 144 cm³/mol. The van der Waals surface area contributed by atoms with Gasteiger partial charge in [-0.1, -0.05) is 102 Å². The summed E-state index contributed by atoms with van der Waals surface area (Å²) < 4.78 is 2.65. The highest BCUT2D eigenvalue weighted by atomic mass is 32.1. The molecule has 4 heteroatoms. The molecule has 0 saturated heterocycles. The summed E-state index contributed by atoms with van der Waals surface area (Å²) in [6, 6.07) is 30.8. The minimum Gasteiger partial charge on any atom is -0.272 e. The van der Waals surface area contributed by atoms with Gasteiger partial charge in [-0.05, 0) is 65.7 Å². The maximum absolute atomic E-state index is 13.8. The van der Waals surface area contributed by atoms with Crippen LogP contribution in [0.1, 0.15) is 48.4 Å². The van der Waals surface area contributed by atoms with Crippen molar-refractivity contribution < 1.29 is 0 Å². The van der Waals surface area contributed by atoms with Crippen molar-refractivity contribution in [2.75, 3.05) is 0 Å². The first-order chi connectivity index (χ1) is 17.3. The summed E-state index contributed by atoms with van der Waals surface area (Å²) in [5.41, 5.74) is 7.00. The Morgan fingerprint density at radius 2 is 1.37 bits per heavy atom. The molecule has 0 radical (unpaired) electrons. The van der Waals surface area contributed by atoms with Gasteiger partial charge in [-0.15, -0.1) is 0 Å². The molecule has 6 rings (SSSR count). The van der Waals surface area contributed by atoms with E-state index in [9.17, 15) is 4.79 Å². The average molecular weight is 475 g/mol. The molecule has 1 aromatic heterocycles. The molecule has 3 aromatic carbocycles. The zero-order chi connectivity index (χ0) is 23.6. The van der Waals surface area contributed by atoms with Crippen LogP contribution in [0.5, 0.6) is 0 Å². The standard InChI is InChI=1S/C31H26N2OS/c34-30-27(21-23-14-6-2-7-15-23)35-31-32-28-25(20-22-12-4-1-5-13-22)18-10-11-19-26(28)29(33(30)31)24-16-8-3-9-17-24/h1-9,12-17,20-21,29H,10-11,18-19H2/b25-20+,27-21-. The Labute approximate surface area is 208 Å². The summed E-state index contributed by atoms with van der Waals surface area (Å²) in [5.74, 6) is 0. The number of rotatable bonds is 3. The lowest BCUT2D eigenvalue weighted by atomic mass is 9.91. The highest BCUT2D eigenvalue weighted by Gasteiger charge is 2.31. The van der Waals surface area contributed by atoms with Crippen molar-refractivity contribution in [2.45, 2.75) is 31.7 Å². The van der Waals surface area contributed by atoms with Crippen LogP contribution < -0.4 is 14.9 Å². The molecular weight excluding hydrogens is 448 g/mol. The molecule has 0 amide bonds. The summed E-state index contributed by atoms with van der Waals surface area (Å²) in [4.78, 5) is 19.7. The predicted octanol–water partition coefficient (Wildman–Crippen LogP) is 5.87. The Kier molecular flexibility index (Phi) is 5.89. The van der Waals surface area contributed by atoms with Gasteiger partial charge in [0.25, 0.3) is 5.56 Å². The van der Waals surface area contributed by atoms with Crippen molar-refractivity contribution in [3.05, 3.63) is 144 Å². The maximum Gasteiger partial charge on any atom is 0.271 e. The summed E-state index contributed by atoms with van der Waals surface area (Å²) in [6.45, 7) is 0. The average Bonchev–Trinajstić information content (AvgIpc) is 3.07. The normalized spacial score (nSPS) is 19.1. The van der Waals surface area contributed by atoms with Crippen LogP contribution in [0, 0.1) is 0 Å². The SMILES string of the molecule is O=c1/c(=C/c2ccccc2)sc2n1C(c1ccccc1)C1=C(N=2)/C(=C/c2ccccc2)CCCC1. The summed E-state index contributed by atoms with van der Waals surface area (Å²) in [6.07, 6.45) is 8.44. The first-order valence-electron chi connectivity index (χ1n) is 12.2. The first kappa shape index (κ1) is 21.8. The molecule has 35 heavy (non-hydrogen) atoms. The summed E-state index contributed by atoms with van der Waals surface area (Å²) in [7, 11) is 0. The van der Waals surface area contributed by atoms with Crippen LogP contribution in [-0.4, -0.2) is 4.57 Å². The Balaban J connectivity index is 1.60. The van der Waals surface area contributed by atoms with Crippen LogP contribution in [-0.2, 0) is 0 Å². The van der Waals surface area contributed by atoms with E-state index in [1.54, 1.807) is 0 Å². The van der Waals surface area contributed by atoms with Crippen LogP contribution in [0.2, 0.25) is 0 Å². The lowest BCUT2D eigenvalue weighted by Gasteiger charge is -2.26. The number of fused-ring (bicyclic) bond motifs is 1. The number of hydrogen-bond donors (Lipinski definition) is 0. The largest absolute Gasteiger partial charge is 0.272 e. The van der Waals surface area contributed by atoms with Crippen molar-refractivity contribution >= 4 is 23.5 Å². The van der Waals surface area contributed by atoms with Crippen molar-refractivity contribution in [3.63, 3.8) is 0 Å². The molecule has 0 fully saturated rings. The van der Waals surface area contributed by atoms with Crippen LogP contribution >= 0.6 is 11.3 Å². The van der Waals surface area contributed by atoms with Crippen LogP contribution in [0.3, 0.4) is 0 Å². The molecular formula is C31H26N2OS. The van der Waals surface area contributed by atoms with E-state index in [1.165, 1.54) is 28.0 Å². The van der Waals surface area contributed by atoms with Crippen LogP contribution in [0.15, 0.2) is 118 Å². The molecule has 1 atom stereocenters. The lowest BCUT2D eigenvalue weighted by molar-refractivity contribution is 0.573. The monoisotopic (exact) mass is 474 g/mol. The molecule has 4 aromatic rings. The molecule has 2 heterocycles. The van der Waals surface area contributed by atoms with E-state index in [1.807, 2.05) is 53.1 Å². The van der Waals surface area contributed by atoms with E-state index in [-0.39, 0.29) is 11.6 Å². The van der Waals surface area contributed by atoms with Gasteiger partial charge >= 0.3 is 0 Å². The number of hydrogen-bond acceptors (Lipinski definition) is 3. The smallest absolute Gasteiger partial charge is 0.271 e. The van der Waals surface area contributed by atoms with Crippen molar-refractivity contribution in [1.82, 2.24) is 4.57 Å². The second-order valence-electron chi connectivity index (χ2n) is 9.07. The maximum atomic E-state index is 13.8. The Bertz CT molecular complexity index is 1590. The van der Waals surface area contributed by atoms with Crippen LogP contribution in [0.4, 0.5) is 0 Å². The minimum atomic E-state index is -0.127. The van der Waals surface area contributed by atoms with E-state index in [0.29, 0.717) is 0 Å². The molecule has 0 N–H and O–H groups in total. The molecule has 3 nitrogen and oxygen atoms in total. The van der Waals surface area contributed by atoms with E-state index < -0.39 is 0 Å². The number of nitrogens with zero attached hydrogens (tertiary/aromatic N) is 2. The topological polar surface area (TPSA) is 34.4 Å². The molecule has 1 aliphatic heterocycles. The molecule has 0 bridgehead atoms. The fourth-order valence-corrected chi connectivity index (χ4v) is 6.11. The van der Waals surface area contributed by atoms with Gasteiger partial charge in [0.05, 0.1) is 16.3 Å². The highest BCUT2D eigenvalue weighted by molar-refractivity contribution is 7.07.